The lowest BCUT2D eigenvalue weighted by Crippen LogP contribution is -2.35. The Bertz CT molecular complexity index is 417. The van der Waals surface area contributed by atoms with E-state index in [1.54, 1.807) is 0 Å². The van der Waals surface area contributed by atoms with Gasteiger partial charge >= 0.3 is 0 Å². The maximum atomic E-state index is 4.88. The summed E-state index contributed by atoms with van der Waals surface area (Å²) in [4.78, 5) is 4.88. The monoisotopic (exact) mass is 310 g/mol. The topological polar surface area (TPSA) is 24.9 Å². The lowest BCUT2D eigenvalue weighted by atomic mass is 9.82. The first kappa shape index (κ1) is 18.6. The third kappa shape index (κ3) is 6.48. The molecule has 0 radical (unpaired) electrons. The van der Waals surface area contributed by atoms with E-state index in [0.717, 1.165) is 19.5 Å². The first-order valence-electron chi connectivity index (χ1n) is 8.32. The van der Waals surface area contributed by atoms with Gasteiger partial charge in [0.25, 0.3) is 0 Å². The van der Waals surface area contributed by atoms with Crippen LogP contribution in [-0.4, -0.2) is 18.1 Å². The number of nitrogens with one attached hydrogen (secondary N) is 1. The predicted molar refractivity (Wildman–Crippen MR) is 95.2 cm³/mol. The van der Waals surface area contributed by atoms with Crippen molar-refractivity contribution in [1.82, 2.24) is 10.3 Å². The second-order valence-electron chi connectivity index (χ2n) is 8.14. The zero-order valence-electron chi connectivity index (χ0n) is 15.0. The minimum Gasteiger partial charge on any atom is -0.316 e. The Morgan fingerprint density at radius 3 is 2.38 bits per heavy atom. The minimum atomic E-state index is 0.159. The lowest BCUT2D eigenvalue weighted by Gasteiger charge is -2.29. The third-order valence-corrected chi connectivity index (χ3v) is 4.70. The molecule has 122 valence electrons. The van der Waals surface area contributed by atoms with Gasteiger partial charge in [0.1, 0.15) is 0 Å². The number of thiazole rings is 1. The SMILES string of the molecule is CCCC(C)(CNCC(C)C)Cc1nc(C(C)(C)C)cs1. The van der Waals surface area contributed by atoms with Gasteiger partial charge in [0.15, 0.2) is 0 Å². The summed E-state index contributed by atoms with van der Waals surface area (Å²) in [5.74, 6) is 0.711. The van der Waals surface area contributed by atoms with Crippen molar-refractivity contribution in [2.75, 3.05) is 13.1 Å². The first-order valence-corrected chi connectivity index (χ1v) is 9.20. The van der Waals surface area contributed by atoms with E-state index in [1.807, 2.05) is 11.3 Å². The van der Waals surface area contributed by atoms with Gasteiger partial charge in [-0.25, -0.2) is 4.98 Å². The van der Waals surface area contributed by atoms with E-state index in [-0.39, 0.29) is 5.41 Å². The van der Waals surface area contributed by atoms with Gasteiger partial charge in [0.05, 0.1) is 10.7 Å². The van der Waals surface area contributed by atoms with Gasteiger partial charge in [-0.15, -0.1) is 11.3 Å². The number of hydrogen-bond acceptors (Lipinski definition) is 3. The maximum absolute atomic E-state index is 4.88. The predicted octanol–water partition coefficient (Wildman–Crippen LogP) is 5.04. The molecule has 1 aromatic heterocycles. The highest BCUT2D eigenvalue weighted by atomic mass is 32.1. The molecule has 0 fully saturated rings. The lowest BCUT2D eigenvalue weighted by molar-refractivity contribution is 0.270. The van der Waals surface area contributed by atoms with Gasteiger partial charge in [-0.1, -0.05) is 54.9 Å². The van der Waals surface area contributed by atoms with Gasteiger partial charge < -0.3 is 5.32 Å². The summed E-state index contributed by atoms with van der Waals surface area (Å²) < 4.78 is 0. The molecule has 0 saturated carbocycles. The van der Waals surface area contributed by atoms with Crippen molar-refractivity contribution in [3.05, 3.63) is 16.1 Å². The van der Waals surface area contributed by atoms with Gasteiger partial charge in [-0.05, 0) is 24.3 Å². The Balaban J connectivity index is 2.70. The van der Waals surface area contributed by atoms with Crippen molar-refractivity contribution < 1.29 is 0 Å². The van der Waals surface area contributed by atoms with E-state index in [1.165, 1.54) is 23.5 Å². The molecule has 0 bridgehead atoms. The van der Waals surface area contributed by atoms with Crippen LogP contribution in [0.3, 0.4) is 0 Å². The smallest absolute Gasteiger partial charge is 0.0934 e. The van der Waals surface area contributed by atoms with Crippen LogP contribution in [0.2, 0.25) is 0 Å². The fourth-order valence-electron chi connectivity index (χ4n) is 2.61. The molecule has 0 amide bonds. The zero-order valence-corrected chi connectivity index (χ0v) is 15.9. The molecule has 1 atom stereocenters. The van der Waals surface area contributed by atoms with Crippen LogP contribution < -0.4 is 5.32 Å². The van der Waals surface area contributed by atoms with Gasteiger partial charge in [0.2, 0.25) is 0 Å². The van der Waals surface area contributed by atoms with Crippen molar-refractivity contribution >= 4 is 11.3 Å². The number of rotatable bonds is 8. The molecule has 3 heteroatoms. The molecule has 0 saturated heterocycles. The second kappa shape index (κ2) is 7.73. The van der Waals surface area contributed by atoms with Crippen molar-refractivity contribution in [2.24, 2.45) is 11.3 Å². The van der Waals surface area contributed by atoms with Gasteiger partial charge in [-0.2, -0.15) is 0 Å². The molecular formula is C18H34N2S. The van der Waals surface area contributed by atoms with Crippen LogP contribution in [0.4, 0.5) is 0 Å². The maximum Gasteiger partial charge on any atom is 0.0934 e. The first-order chi connectivity index (χ1) is 9.66. The highest BCUT2D eigenvalue weighted by Crippen LogP contribution is 2.31. The van der Waals surface area contributed by atoms with Crippen LogP contribution in [0.1, 0.15) is 72.0 Å². The quantitative estimate of drug-likeness (QED) is 0.728. The molecule has 0 aliphatic heterocycles. The van der Waals surface area contributed by atoms with Crippen LogP contribution in [-0.2, 0) is 11.8 Å². The van der Waals surface area contributed by atoms with Crippen LogP contribution in [0.25, 0.3) is 0 Å². The van der Waals surface area contributed by atoms with E-state index in [2.05, 4.69) is 59.2 Å². The van der Waals surface area contributed by atoms with Crippen LogP contribution in [0, 0.1) is 11.3 Å². The summed E-state index contributed by atoms with van der Waals surface area (Å²) in [6.07, 6.45) is 3.58. The minimum absolute atomic E-state index is 0.159. The summed E-state index contributed by atoms with van der Waals surface area (Å²) in [5, 5.41) is 7.18. The zero-order chi connectivity index (χ0) is 16.1. The molecule has 0 aliphatic rings. The summed E-state index contributed by atoms with van der Waals surface area (Å²) in [6.45, 7) is 18.1. The molecule has 1 N–H and O–H groups in total. The number of hydrogen-bond donors (Lipinski definition) is 1. The van der Waals surface area contributed by atoms with E-state index in [4.69, 9.17) is 4.98 Å². The van der Waals surface area contributed by atoms with E-state index >= 15 is 0 Å². The second-order valence-corrected chi connectivity index (χ2v) is 9.08. The Hall–Kier alpha value is -0.410. The Morgan fingerprint density at radius 1 is 1.24 bits per heavy atom. The molecule has 2 nitrogen and oxygen atoms in total. The Kier molecular flexibility index (Phi) is 6.86. The molecule has 0 aliphatic carbocycles. The Labute approximate surface area is 135 Å². The molecule has 1 heterocycles. The van der Waals surface area contributed by atoms with Gasteiger partial charge in [-0.3, -0.25) is 0 Å². The molecule has 0 aromatic carbocycles. The van der Waals surface area contributed by atoms with E-state index in [0.29, 0.717) is 11.3 Å². The van der Waals surface area contributed by atoms with Crippen LogP contribution in [0.5, 0.6) is 0 Å². The van der Waals surface area contributed by atoms with E-state index < -0.39 is 0 Å². The molecule has 0 spiro atoms. The summed E-state index contributed by atoms with van der Waals surface area (Å²) in [5.41, 5.74) is 1.71. The summed E-state index contributed by atoms with van der Waals surface area (Å²) >= 11 is 1.83. The van der Waals surface area contributed by atoms with Crippen LogP contribution >= 0.6 is 11.3 Å². The molecule has 1 aromatic rings. The van der Waals surface area contributed by atoms with Crippen molar-refractivity contribution in [3.63, 3.8) is 0 Å². The fraction of sp³-hybridized carbons (Fsp3) is 0.833. The average Bonchev–Trinajstić information content (AvgIpc) is 2.76. The average molecular weight is 311 g/mol. The largest absolute Gasteiger partial charge is 0.316 e. The van der Waals surface area contributed by atoms with Gasteiger partial charge in [0, 0.05) is 23.8 Å². The Morgan fingerprint density at radius 2 is 1.90 bits per heavy atom. The number of aromatic nitrogens is 1. The normalized spacial score (nSPS) is 15.4. The molecular weight excluding hydrogens is 276 g/mol. The molecule has 1 unspecified atom stereocenters. The number of nitrogens with zero attached hydrogens (tertiary/aromatic N) is 1. The molecule has 21 heavy (non-hydrogen) atoms. The van der Waals surface area contributed by atoms with Crippen molar-refractivity contribution in [1.29, 1.82) is 0 Å². The standard InChI is InChI=1S/C18H34N2S/c1-8-9-18(7,13-19-11-14(2)3)10-16-20-15(12-21-16)17(4,5)6/h12,14,19H,8-11,13H2,1-7H3. The van der Waals surface area contributed by atoms with Crippen LogP contribution in [0.15, 0.2) is 5.38 Å². The summed E-state index contributed by atoms with van der Waals surface area (Å²) in [6, 6.07) is 0. The highest BCUT2D eigenvalue weighted by Gasteiger charge is 2.26. The van der Waals surface area contributed by atoms with E-state index in [9.17, 15) is 0 Å². The fourth-order valence-corrected chi connectivity index (χ4v) is 3.84. The van der Waals surface area contributed by atoms with Crippen molar-refractivity contribution in [2.45, 2.75) is 73.1 Å². The highest BCUT2D eigenvalue weighted by molar-refractivity contribution is 7.09. The molecule has 1 rings (SSSR count). The third-order valence-electron chi connectivity index (χ3n) is 3.86. The van der Waals surface area contributed by atoms with Crippen molar-refractivity contribution in [3.8, 4) is 0 Å². The summed E-state index contributed by atoms with van der Waals surface area (Å²) in [7, 11) is 0.